The summed E-state index contributed by atoms with van der Waals surface area (Å²) in [6.07, 6.45) is 3.28. The molecule has 0 bridgehead atoms. The van der Waals surface area contributed by atoms with Gasteiger partial charge < -0.3 is 10.1 Å². The molecule has 0 saturated heterocycles. The third-order valence-electron chi connectivity index (χ3n) is 2.66. The topological polar surface area (TPSA) is 68.3 Å². The van der Waals surface area contributed by atoms with E-state index in [-0.39, 0.29) is 6.61 Å². The number of carbonyl (C=O) groups is 2. The van der Waals surface area contributed by atoms with Crippen molar-refractivity contribution in [2.75, 3.05) is 18.2 Å². The predicted octanol–water partition coefficient (Wildman–Crippen LogP) is 3.25. The van der Waals surface area contributed by atoms with Crippen LogP contribution in [0.5, 0.6) is 0 Å². The van der Waals surface area contributed by atoms with Crippen molar-refractivity contribution in [1.29, 1.82) is 0 Å². The Balaban J connectivity index is 1.90. The van der Waals surface area contributed by atoms with Crippen LogP contribution < -0.4 is 5.32 Å². The zero-order valence-electron chi connectivity index (χ0n) is 11.7. The predicted molar refractivity (Wildman–Crippen MR) is 86.4 cm³/mol. The highest BCUT2D eigenvalue weighted by atomic mass is 35.5. The van der Waals surface area contributed by atoms with Gasteiger partial charge in [-0.05, 0) is 30.5 Å². The lowest BCUT2D eigenvalue weighted by Gasteiger charge is -2.08. The number of amides is 1. The van der Waals surface area contributed by atoms with Crippen LogP contribution in [0.1, 0.15) is 10.4 Å². The number of anilines is 1. The minimum absolute atomic E-state index is 0.343. The Kier molecular flexibility index (Phi) is 5.80. The zero-order valence-corrected chi connectivity index (χ0v) is 13.3. The highest BCUT2D eigenvalue weighted by molar-refractivity contribution is 7.98. The second kappa shape index (κ2) is 7.82. The molecular weight excluding hydrogens is 324 g/mol. The van der Waals surface area contributed by atoms with Crippen LogP contribution in [0.3, 0.4) is 0 Å². The van der Waals surface area contributed by atoms with Gasteiger partial charge in [0, 0.05) is 11.1 Å². The van der Waals surface area contributed by atoms with Gasteiger partial charge in [-0.15, -0.1) is 11.8 Å². The van der Waals surface area contributed by atoms with Crippen LogP contribution in [-0.4, -0.2) is 29.7 Å². The molecule has 1 heterocycles. The third kappa shape index (κ3) is 4.47. The van der Waals surface area contributed by atoms with E-state index in [1.54, 1.807) is 24.3 Å². The second-order valence-electron chi connectivity index (χ2n) is 4.19. The maximum atomic E-state index is 12.0. The molecule has 0 aliphatic rings. The number of aromatic nitrogens is 1. The van der Waals surface area contributed by atoms with Crippen molar-refractivity contribution >= 4 is 41.1 Å². The lowest BCUT2D eigenvalue weighted by Crippen LogP contribution is -2.21. The largest absolute Gasteiger partial charge is 0.452 e. The van der Waals surface area contributed by atoms with E-state index in [4.69, 9.17) is 16.3 Å². The number of hydrogen-bond acceptors (Lipinski definition) is 5. The molecule has 0 atom stereocenters. The monoisotopic (exact) mass is 336 g/mol. The molecule has 0 radical (unpaired) electrons. The van der Waals surface area contributed by atoms with Crippen LogP contribution in [0.4, 0.5) is 5.82 Å². The molecule has 0 aliphatic heterocycles. The number of carbonyl (C=O) groups excluding carboxylic acids is 2. The van der Waals surface area contributed by atoms with Gasteiger partial charge in [-0.3, -0.25) is 4.79 Å². The smallest absolute Gasteiger partial charge is 0.339 e. The fraction of sp³-hybridized carbons (Fsp3) is 0.133. The third-order valence-corrected chi connectivity index (χ3v) is 3.68. The van der Waals surface area contributed by atoms with Crippen LogP contribution in [0.25, 0.3) is 0 Å². The summed E-state index contributed by atoms with van der Waals surface area (Å²) in [5.74, 6) is -0.663. The Morgan fingerprint density at radius 2 is 2.05 bits per heavy atom. The van der Waals surface area contributed by atoms with Gasteiger partial charge in [-0.25, -0.2) is 9.78 Å². The first-order chi connectivity index (χ1) is 10.6. The minimum Gasteiger partial charge on any atom is -0.452 e. The van der Waals surface area contributed by atoms with E-state index >= 15 is 0 Å². The molecule has 1 aromatic carbocycles. The highest BCUT2D eigenvalue weighted by Gasteiger charge is 2.13. The molecule has 1 N–H and O–H groups in total. The van der Waals surface area contributed by atoms with Crippen molar-refractivity contribution in [2.45, 2.75) is 4.90 Å². The molecular formula is C15H13ClN2O3S. The highest BCUT2D eigenvalue weighted by Crippen LogP contribution is 2.20. The maximum absolute atomic E-state index is 12.0. The normalized spacial score (nSPS) is 10.1. The average Bonchev–Trinajstić information content (AvgIpc) is 2.54. The van der Waals surface area contributed by atoms with Crippen molar-refractivity contribution in [2.24, 2.45) is 0 Å². The fourth-order valence-corrected chi connectivity index (χ4v) is 2.35. The van der Waals surface area contributed by atoms with Gasteiger partial charge in [-0.2, -0.15) is 0 Å². The van der Waals surface area contributed by atoms with Crippen molar-refractivity contribution in [3.63, 3.8) is 0 Å². The SMILES string of the molecule is CSc1ccccc1C(=O)OCC(=O)Nc1ccc(Cl)cn1. The summed E-state index contributed by atoms with van der Waals surface area (Å²) in [5, 5.41) is 2.98. The maximum Gasteiger partial charge on any atom is 0.339 e. The minimum atomic E-state index is -0.538. The molecule has 1 aromatic heterocycles. The van der Waals surface area contributed by atoms with E-state index in [2.05, 4.69) is 10.3 Å². The number of rotatable bonds is 5. The molecule has 114 valence electrons. The molecule has 0 aliphatic carbocycles. The summed E-state index contributed by atoms with van der Waals surface area (Å²) in [4.78, 5) is 28.4. The van der Waals surface area contributed by atoms with E-state index < -0.39 is 11.9 Å². The molecule has 0 spiro atoms. The molecule has 0 fully saturated rings. The van der Waals surface area contributed by atoms with E-state index in [0.717, 1.165) is 4.90 Å². The second-order valence-corrected chi connectivity index (χ2v) is 5.47. The Bertz CT molecular complexity index is 677. The van der Waals surface area contributed by atoms with Crippen LogP contribution in [0, 0.1) is 0 Å². The molecule has 0 saturated carbocycles. The average molecular weight is 337 g/mol. The molecule has 1 amide bonds. The molecule has 5 nitrogen and oxygen atoms in total. The molecule has 2 rings (SSSR count). The summed E-state index contributed by atoms with van der Waals surface area (Å²) in [7, 11) is 0. The fourth-order valence-electron chi connectivity index (χ4n) is 1.65. The number of thioether (sulfide) groups is 1. The van der Waals surface area contributed by atoms with Crippen molar-refractivity contribution < 1.29 is 14.3 Å². The quantitative estimate of drug-likeness (QED) is 0.670. The number of nitrogens with zero attached hydrogens (tertiary/aromatic N) is 1. The molecule has 2 aromatic rings. The van der Waals surface area contributed by atoms with E-state index in [1.165, 1.54) is 18.0 Å². The summed E-state index contributed by atoms with van der Waals surface area (Å²) >= 11 is 7.14. The van der Waals surface area contributed by atoms with Crippen molar-refractivity contribution in [3.05, 3.63) is 53.2 Å². The van der Waals surface area contributed by atoms with Crippen LogP contribution >= 0.6 is 23.4 Å². The Morgan fingerprint density at radius 3 is 2.73 bits per heavy atom. The van der Waals surface area contributed by atoms with Gasteiger partial charge in [0.05, 0.1) is 10.6 Å². The summed E-state index contributed by atoms with van der Waals surface area (Å²) in [6.45, 7) is -0.383. The lowest BCUT2D eigenvalue weighted by molar-refractivity contribution is -0.119. The number of hydrogen-bond donors (Lipinski definition) is 1. The Hall–Kier alpha value is -2.05. The summed E-state index contributed by atoms with van der Waals surface area (Å²) < 4.78 is 5.01. The standard InChI is InChI=1S/C15H13ClN2O3S/c1-22-12-5-3-2-4-11(12)15(20)21-9-14(19)18-13-7-6-10(16)8-17-13/h2-8H,9H2,1H3,(H,17,18,19). The number of benzene rings is 1. The van der Waals surface area contributed by atoms with Crippen molar-refractivity contribution in [1.82, 2.24) is 4.98 Å². The van der Waals surface area contributed by atoms with Gasteiger partial charge in [0.25, 0.3) is 5.91 Å². The summed E-state index contributed by atoms with van der Waals surface area (Å²) in [5.41, 5.74) is 0.437. The number of nitrogens with one attached hydrogen (secondary N) is 1. The Morgan fingerprint density at radius 1 is 1.27 bits per heavy atom. The van der Waals surface area contributed by atoms with Gasteiger partial charge in [0.2, 0.25) is 0 Å². The number of ether oxygens (including phenoxy) is 1. The Labute approximate surface area is 137 Å². The number of pyridine rings is 1. The number of esters is 1. The van der Waals surface area contributed by atoms with E-state index in [9.17, 15) is 9.59 Å². The molecule has 22 heavy (non-hydrogen) atoms. The van der Waals surface area contributed by atoms with Crippen LogP contribution in [0.2, 0.25) is 5.02 Å². The van der Waals surface area contributed by atoms with E-state index in [0.29, 0.717) is 16.4 Å². The first kappa shape index (κ1) is 16.3. The summed E-state index contributed by atoms with van der Waals surface area (Å²) in [6, 6.07) is 10.2. The van der Waals surface area contributed by atoms with Gasteiger partial charge in [-0.1, -0.05) is 23.7 Å². The van der Waals surface area contributed by atoms with Gasteiger partial charge >= 0.3 is 5.97 Å². The molecule has 7 heteroatoms. The zero-order chi connectivity index (χ0) is 15.9. The van der Waals surface area contributed by atoms with Gasteiger partial charge in [0.1, 0.15) is 5.82 Å². The van der Waals surface area contributed by atoms with Crippen LogP contribution in [-0.2, 0) is 9.53 Å². The van der Waals surface area contributed by atoms with Crippen molar-refractivity contribution in [3.8, 4) is 0 Å². The first-order valence-electron chi connectivity index (χ1n) is 6.31. The number of halogens is 1. The first-order valence-corrected chi connectivity index (χ1v) is 7.92. The molecule has 0 unspecified atom stereocenters. The van der Waals surface area contributed by atoms with Crippen LogP contribution in [0.15, 0.2) is 47.5 Å². The van der Waals surface area contributed by atoms with E-state index in [1.807, 2.05) is 18.4 Å². The van der Waals surface area contributed by atoms with Gasteiger partial charge in [0.15, 0.2) is 6.61 Å². The lowest BCUT2D eigenvalue weighted by atomic mass is 10.2.